The summed E-state index contributed by atoms with van der Waals surface area (Å²) in [5.74, 6) is -0.173. The van der Waals surface area contributed by atoms with Crippen LogP contribution < -0.4 is 0 Å². The smallest absolute Gasteiger partial charge is 0.340 e. The number of ether oxygens (including phenoxy) is 2. The molecule has 3 fully saturated rings. The third-order valence-corrected chi connectivity index (χ3v) is 6.59. The van der Waals surface area contributed by atoms with E-state index in [1.807, 2.05) is 24.4 Å². The lowest BCUT2D eigenvalue weighted by Crippen LogP contribution is -2.43. The van der Waals surface area contributed by atoms with Gasteiger partial charge in [-0.1, -0.05) is 18.2 Å². The maximum atomic E-state index is 13.0. The Balaban J connectivity index is 1.41. The number of hydrogen-bond donors (Lipinski definition) is 0. The Hall–Kier alpha value is -1.85. The van der Waals surface area contributed by atoms with Crippen molar-refractivity contribution in [3.8, 4) is 0 Å². The summed E-state index contributed by atoms with van der Waals surface area (Å²) in [7, 11) is 2.21. The van der Waals surface area contributed by atoms with Crippen molar-refractivity contribution in [1.29, 1.82) is 0 Å². The number of aromatic nitrogens is 1. The van der Waals surface area contributed by atoms with Crippen LogP contribution >= 0.6 is 0 Å². The standard InChI is InChI=1S/C21H26N2O3/c1-22-14-6-7-15(22)11-17(10-14)26-21(24)19-12-23(16-8-9-25-13-16)20-5-3-2-4-18(19)20/h2-5,12,14-17H,6-11,13H2,1H3/t14-,15+,16?,17+. The molecule has 3 saturated heterocycles. The lowest BCUT2D eigenvalue weighted by molar-refractivity contribution is -0.000291. The summed E-state index contributed by atoms with van der Waals surface area (Å²) in [4.78, 5) is 15.5. The van der Waals surface area contributed by atoms with Gasteiger partial charge in [0.2, 0.25) is 0 Å². The fourth-order valence-corrected chi connectivity index (χ4v) is 5.08. The molecule has 5 rings (SSSR count). The highest BCUT2D eigenvalue weighted by molar-refractivity contribution is 6.04. The van der Waals surface area contributed by atoms with Gasteiger partial charge in [-0.15, -0.1) is 0 Å². The average molecular weight is 354 g/mol. The van der Waals surface area contributed by atoms with E-state index >= 15 is 0 Å². The van der Waals surface area contributed by atoms with E-state index in [2.05, 4.69) is 22.6 Å². The molecular formula is C21H26N2O3. The molecule has 2 bridgehead atoms. The number of rotatable bonds is 3. The molecule has 0 aliphatic carbocycles. The molecule has 5 nitrogen and oxygen atoms in total. The molecule has 0 N–H and O–H groups in total. The van der Waals surface area contributed by atoms with Crippen LogP contribution in [0.15, 0.2) is 30.5 Å². The predicted molar refractivity (Wildman–Crippen MR) is 99.4 cm³/mol. The second-order valence-electron chi connectivity index (χ2n) is 8.03. The Morgan fingerprint density at radius 2 is 1.88 bits per heavy atom. The van der Waals surface area contributed by atoms with Gasteiger partial charge in [0.05, 0.1) is 18.2 Å². The Morgan fingerprint density at radius 1 is 1.12 bits per heavy atom. The summed E-state index contributed by atoms with van der Waals surface area (Å²) in [6.45, 7) is 1.50. The van der Waals surface area contributed by atoms with Gasteiger partial charge in [-0.2, -0.15) is 0 Å². The molecular weight excluding hydrogens is 328 g/mol. The molecule has 3 aliphatic heterocycles. The van der Waals surface area contributed by atoms with Gasteiger partial charge in [-0.25, -0.2) is 4.79 Å². The first-order valence-corrected chi connectivity index (χ1v) is 9.81. The lowest BCUT2D eigenvalue weighted by atomic mass is 10.0. The van der Waals surface area contributed by atoms with Crippen molar-refractivity contribution in [2.45, 2.75) is 56.3 Å². The molecule has 5 heteroatoms. The summed E-state index contributed by atoms with van der Waals surface area (Å²) in [5.41, 5.74) is 1.79. The SMILES string of the molecule is CN1[C@@H]2CC[C@H]1C[C@@H](OC(=O)c1cn(C3CCOC3)c3ccccc13)C2. The van der Waals surface area contributed by atoms with Crippen LogP contribution in [-0.2, 0) is 9.47 Å². The maximum absolute atomic E-state index is 13.0. The first-order valence-electron chi connectivity index (χ1n) is 9.81. The molecule has 138 valence electrons. The van der Waals surface area contributed by atoms with Crippen molar-refractivity contribution in [3.05, 3.63) is 36.0 Å². The Labute approximate surface area is 153 Å². The van der Waals surface area contributed by atoms with Crippen LogP contribution in [0.4, 0.5) is 0 Å². The molecule has 0 saturated carbocycles. The van der Waals surface area contributed by atoms with Crippen LogP contribution in [0.1, 0.15) is 48.5 Å². The highest BCUT2D eigenvalue weighted by Crippen LogP contribution is 2.36. The van der Waals surface area contributed by atoms with Crippen molar-refractivity contribution < 1.29 is 14.3 Å². The van der Waals surface area contributed by atoms with E-state index in [0.29, 0.717) is 30.3 Å². The highest BCUT2D eigenvalue weighted by atomic mass is 16.5. The van der Waals surface area contributed by atoms with Crippen molar-refractivity contribution >= 4 is 16.9 Å². The second-order valence-corrected chi connectivity index (χ2v) is 8.03. The Kier molecular flexibility index (Phi) is 4.02. The molecule has 4 atom stereocenters. The summed E-state index contributed by atoms with van der Waals surface area (Å²) in [6.07, 6.45) is 7.42. The second kappa shape index (κ2) is 6.39. The van der Waals surface area contributed by atoms with Crippen LogP contribution in [0, 0.1) is 0 Å². The van der Waals surface area contributed by atoms with Gasteiger partial charge in [-0.05, 0) is 32.4 Å². The quantitative estimate of drug-likeness (QED) is 0.793. The number of carbonyl (C=O) groups is 1. The minimum Gasteiger partial charge on any atom is -0.459 e. The van der Waals surface area contributed by atoms with Gasteiger partial charge in [-0.3, -0.25) is 0 Å². The number of benzene rings is 1. The summed E-state index contributed by atoms with van der Waals surface area (Å²) < 4.78 is 13.7. The molecule has 2 aromatic rings. The largest absolute Gasteiger partial charge is 0.459 e. The van der Waals surface area contributed by atoms with Gasteiger partial charge < -0.3 is 18.9 Å². The molecule has 3 aliphatic rings. The number of fused-ring (bicyclic) bond motifs is 3. The van der Waals surface area contributed by atoms with Crippen molar-refractivity contribution in [2.24, 2.45) is 0 Å². The molecule has 26 heavy (non-hydrogen) atoms. The number of nitrogens with zero attached hydrogens (tertiary/aromatic N) is 2. The molecule has 1 aromatic carbocycles. The van der Waals surface area contributed by atoms with E-state index in [-0.39, 0.29) is 12.1 Å². The zero-order valence-corrected chi connectivity index (χ0v) is 15.3. The maximum Gasteiger partial charge on any atom is 0.340 e. The van der Waals surface area contributed by atoms with Crippen LogP contribution in [0.3, 0.4) is 0 Å². The predicted octanol–water partition coefficient (Wildman–Crippen LogP) is 3.38. The first-order chi connectivity index (χ1) is 12.7. The van der Waals surface area contributed by atoms with Crippen LogP contribution in [-0.4, -0.2) is 53.9 Å². The average Bonchev–Trinajstić information content (AvgIpc) is 3.33. The normalized spacial score (nSPS) is 31.6. The monoisotopic (exact) mass is 354 g/mol. The number of para-hydroxylation sites is 1. The zero-order chi connectivity index (χ0) is 17.7. The Morgan fingerprint density at radius 3 is 2.62 bits per heavy atom. The first kappa shape index (κ1) is 16.3. The molecule has 0 radical (unpaired) electrons. The minimum absolute atomic E-state index is 0.0492. The topological polar surface area (TPSA) is 43.7 Å². The number of piperidine rings is 1. The van der Waals surface area contributed by atoms with Crippen LogP contribution in [0.5, 0.6) is 0 Å². The summed E-state index contributed by atoms with van der Waals surface area (Å²) in [5, 5.41) is 0.986. The fourth-order valence-electron chi connectivity index (χ4n) is 5.08. The molecule has 1 aromatic heterocycles. The van der Waals surface area contributed by atoms with E-state index < -0.39 is 0 Å². The van der Waals surface area contributed by atoms with Gasteiger partial charge in [0.1, 0.15) is 6.10 Å². The highest BCUT2D eigenvalue weighted by Gasteiger charge is 2.40. The van der Waals surface area contributed by atoms with Gasteiger partial charge in [0, 0.05) is 48.6 Å². The molecule has 4 heterocycles. The number of hydrogen-bond acceptors (Lipinski definition) is 4. The summed E-state index contributed by atoms with van der Waals surface area (Å²) in [6, 6.07) is 9.58. The van der Waals surface area contributed by atoms with Gasteiger partial charge >= 0.3 is 5.97 Å². The lowest BCUT2D eigenvalue weighted by Gasteiger charge is -2.35. The summed E-state index contributed by atoms with van der Waals surface area (Å²) >= 11 is 0. The Bertz CT molecular complexity index is 810. The molecule has 0 spiro atoms. The van der Waals surface area contributed by atoms with E-state index in [9.17, 15) is 4.79 Å². The fraction of sp³-hybridized carbons (Fsp3) is 0.571. The van der Waals surface area contributed by atoms with Crippen LogP contribution in [0.2, 0.25) is 0 Å². The number of carbonyl (C=O) groups excluding carboxylic acids is 1. The van der Waals surface area contributed by atoms with Gasteiger partial charge in [0.15, 0.2) is 0 Å². The van der Waals surface area contributed by atoms with E-state index in [1.165, 1.54) is 12.8 Å². The third-order valence-electron chi connectivity index (χ3n) is 6.59. The third kappa shape index (κ3) is 2.65. The number of esters is 1. The van der Waals surface area contributed by atoms with Crippen molar-refractivity contribution in [3.63, 3.8) is 0 Å². The molecule has 0 amide bonds. The van der Waals surface area contributed by atoms with E-state index in [4.69, 9.17) is 9.47 Å². The molecule has 1 unspecified atom stereocenters. The van der Waals surface area contributed by atoms with E-state index in [0.717, 1.165) is 36.8 Å². The van der Waals surface area contributed by atoms with Crippen LogP contribution in [0.25, 0.3) is 10.9 Å². The zero-order valence-electron chi connectivity index (χ0n) is 15.3. The minimum atomic E-state index is -0.173. The van der Waals surface area contributed by atoms with Crippen molar-refractivity contribution in [2.75, 3.05) is 20.3 Å². The van der Waals surface area contributed by atoms with Gasteiger partial charge in [0.25, 0.3) is 0 Å². The van der Waals surface area contributed by atoms with E-state index in [1.54, 1.807) is 0 Å². The van der Waals surface area contributed by atoms with Crippen molar-refractivity contribution in [1.82, 2.24) is 9.47 Å².